The molecule has 114 valence electrons. The first kappa shape index (κ1) is 14.2. The van der Waals surface area contributed by atoms with E-state index >= 15 is 0 Å². The van der Waals surface area contributed by atoms with Gasteiger partial charge in [-0.1, -0.05) is 32.0 Å². The molecule has 1 fully saturated rings. The van der Waals surface area contributed by atoms with Gasteiger partial charge >= 0.3 is 0 Å². The third-order valence-electron chi connectivity index (χ3n) is 4.25. The highest BCUT2D eigenvalue weighted by atomic mass is 16.5. The molecule has 1 aromatic rings. The number of hydrogen-bond donors (Lipinski definition) is 2. The van der Waals surface area contributed by atoms with Crippen molar-refractivity contribution in [2.75, 3.05) is 6.61 Å². The molecule has 0 amide bonds. The molecule has 0 spiro atoms. The average Bonchev–Trinajstić information content (AvgIpc) is 3.15. The monoisotopic (exact) mass is 287 g/mol. The van der Waals surface area contributed by atoms with E-state index in [0.29, 0.717) is 18.6 Å². The van der Waals surface area contributed by atoms with Gasteiger partial charge in [0.1, 0.15) is 5.75 Å². The van der Waals surface area contributed by atoms with E-state index < -0.39 is 0 Å². The van der Waals surface area contributed by atoms with E-state index in [-0.39, 0.29) is 6.04 Å². The number of guanidine groups is 1. The number of ether oxygens (including phenoxy) is 1. The second-order valence-electron chi connectivity index (χ2n) is 6.58. The molecule has 0 aromatic heterocycles. The van der Waals surface area contributed by atoms with E-state index in [1.807, 2.05) is 18.2 Å². The summed E-state index contributed by atoms with van der Waals surface area (Å²) in [4.78, 5) is 4.67. The summed E-state index contributed by atoms with van der Waals surface area (Å²) in [6, 6.07) is 8.73. The van der Waals surface area contributed by atoms with Crippen LogP contribution < -0.4 is 15.8 Å². The topological polar surface area (TPSA) is 59.6 Å². The highest BCUT2D eigenvalue weighted by Crippen LogP contribution is 2.37. The highest BCUT2D eigenvalue weighted by Gasteiger charge is 2.37. The zero-order valence-electron chi connectivity index (χ0n) is 12.9. The van der Waals surface area contributed by atoms with Crippen LogP contribution in [0.25, 0.3) is 0 Å². The summed E-state index contributed by atoms with van der Waals surface area (Å²) in [5.41, 5.74) is 7.24. The Hall–Kier alpha value is -1.71. The van der Waals surface area contributed by atoms with E-state index in [4.69, 9.17) is 10.5 Å². The van der Waals surface area contributed by atoms with Gasteiger partial charge < -0.3 is 15.8 Å². The second kappa shape index (κ2) is 5.96. The van der Waals surface area contributed by atoms with Crippen LogP contribution in [-0.2, 0) is 0 Å². The molecule has 4 heteroatoms. The number of para-hydroxylation sites is 1. The maximum Gasteiger partial charge on any atom is 0.189 e. The third-order valence-corrected chi connectivity index (χ3v) is 4.25. The molecule has 1 aliphatic heterocycles. The van der Waals surface area contributed by atoms with Crippen molar-refractivity contribution in [2.24, 2.45) is 22.6 Å². The molecule has 0 bridgehead atoms. The first-order valence-electron chi connectivity index (χ1n) is 7.95. The Balaban J connectivity index is 1.61. The van der Waals surface area contributed by atoms with Gasteiger partial charge in [0.05, 0.1) is 12.6 Å². The van der Waals surface area contributed by atoms with Crippen molar-refractivity contribution in [3.8, 4) is 5.75 Å². The number of rotatable bonds is 4. The second-order valence-corrected chi connectivity index (χ2v) is 6.58. The van der Waals surface area contributed by atoms with Crippen molar-refractivity contribution in [1.82, 2.24) is 5.32 Å². The first-order valence-corrected chi connectivity index (χ1v) is 7.95. The molecule has 3 atom stereocenters. The number of nitrogens with one attached hydrogen (secondary N) is 1. The van der Waals surface area contributed by atoms with Crippen molar-refractivity contribution in [3.63, 3.8) is 0 Å². The fraction of sp³-hybridized carbons (Fsp3) is 0.588. The van der Waals surface area contributed by atoms with E-state index in [0.717, 1.165) is 29.6 Å². The fourth-order valence-electron chi connectivity index (χ4n) is 3.14. The molecule has 1 aromatic carbocycles. The standard InChI is InChI=1S/C17H25N3O/c1-11(2)9-12-10-15(12)20-17(18)19-14-7-8-21-16-6-4-3-5-13(14)16/h3-6,11-12,14-15H,7-10H2,1-2H3,(H3,18,19,20)/t12-,14?,15-/m1/s1. The molecular formula is C17H25N3O. The van der Waals surface area contributed by atoms with Gasteiger partial charge in [-0.2, -0.15) is 0 Å². The Kier molecular flexibility index (Phi) is 4.04. The van der Waals surface area contributed by atoms with Crippen LogP contribution in [0, 0.1) is 11.8 Å². The molecule has 3 rings (SSSR count). The molecule has 1 heterocycles. The molecular weight excluding hydrogens is 262 g/mol. The predicted octanol–water partition coefficient (Wildman–Crippen LogP) is 2.85. The minimum absolute atomic E-state index is 0.116. The number of benzene rings is 1. The number of nitrogens with two attached hydrogens (primary N) is 1. The zero-order valence-corrected chi connectivity index (χ0v) is 12.9. The van der Waals surface area contributed by atoms with Crippen LogP contribution in [0.5, 0.6) is 5.75 Å². The average molecular weight is 287 g/mol. The normalized spacial score (nSPS) is 28.0. The lowest BCUT2D eigenvalue weighted by Gasteiger charge is -2.23. The third kappa shape index (κ3) is 3.49. The van der Waals surface area contributed by atoms with E-state index in [2.05, 4.69) is 30.2 Å². The van der Waals surface area contributed by atoms with Crippen molar-refractivity contribution in [3.05, 3.63) is 29.8 Å². The fourth-order valence-corrected chi connectivity index (χ4v) is 3.14. The van der Waals surface area contributed by atoms with Crippen molar-refractivity contribution in [1.29, 1.82) is 0 Å². The van der Waals surface area contributed by atoms with Crippen molar-refractivity contribution >= 4 is 5.96 Å². The van der Waals surface area contributed by atoms with Gasteiger partial charge in [-0.3, -0.25) is 0 Å². The van der Waals surface area contributed by atoms with Crippen LogP contribution in [-0.4, -0.2) is 18.6 Å². The minimum Gasteiger partial charge on any atom is -0.493 e. The van der Waals surface area contributed by atoms with Gasteiger partial charge in [-0.15, -0.1) is 0 Å². The van der Waals surface area contributed by atoms with Crippen LogP contribution in [0.15, 0.2) is 29.3 Å². The minimum atomic E-state index is 0.116. The predicted molar refractivity (Wildman–Crippen MR) is 85.4 cm³/mol. The Bertz CT molecular complexity index is 527. The van der Waals surface area contributed by atoms with Crippen LogP contribution >= 0.6 is 0 Å². The van der Waals surface area contributed by atoms with Gasteiger partial charge in [-0.05, 0) is 30.7 Å². The Morgan fingerprint density at radius 3 is 3.05 bits per heavy atom. The summed E-state index contributed by atoms with van der Waals surface area (Å²) in [6.45, 7) is 5.25. The Labute approximate surface area is 126 Å². The van der Waals surface area contributed by atoms with Gasteiger partial charge in [-0.25, -0.2) is 4.99 Å². The van der Waals surface area contributed by atoms with Crippen LogP contribution in [0.3, 0.4) is 0 Å². The summed E-state index contributed by atoms with van der Waals surface area (Å²) in [6.07, 6.45) is 3.38. The lowest BCUT2D eigenvalue weighted by molar-refractivity contribution is 0.269. The van der Waals surface area contributed by atoms with Gasteiger partial charge in [0.15, 0.2) is 5.96 Å². The number of fused-ring (bicyclic) bond motifs is 1. The quantitative estimate of drug-likeness (QED) is 0.661. The molecule has 21 heavy (non-hydrogen) atoms. The Morgan fingerprint density at radius 2 is 2.24 bits per heavy atom. The number of nitrogens with zero attached hydrogens (tertiary/aromatic N) is 1. The first-order chi connectivity index (χ1) is 10.1. The smallest absolute Gasteiger partial charge is 0.189 e. The highest BCUT2D eigenvalue weighted by molar-refractivity contribution is 5.79. The van der Waals surface area contributed by atoms with Crippen LogP contribution in [0.1, 0.15) is 44.7 Å². The van der Waals surface area contributed by atoms with Gasteiger partial charge in [0.2, 0.25) is 0 Å². The summed E-state index contributed by atoms with van der Waals surface area (Å²) in [5, 5.41) is 3.37. The maximum absolute atomic E-state index is 6.09. The summed E-state index contributed by atoms with van der Waals surface area (Å²) in [5.74, 6) is 3.03. The molecule has 1 unspecified atom stereocenters. The summed E-state index contributed by atoms with van der Waals surface area (Å²) < 4.78 is 5.66. The summed E-state index contributed by atoms with van der Waals surface area (Å²) in [7, 11) is 0. The van der Waals surface area contributed by atoms with Crippen molar-refractivity contribution in [2.45, 2.75) is 45.2 Å². The van der Waals surface area contributed by atoms with Gasteiger partial charge in [0, 0.05) is 18.0 Å². The lowest BCUT2D eigenvalue weighted by atomic mass is 10.0. The Morgan fingerprint density at radius 1 is 1.43 bits per heavy atom. The molecule has 4 nitrogen and oxygen atoms in total. The summed E-state index contributed by atoms with van der Waals surface area (Å²) >= 11 is 0. The largest absolute Gasteiger partial charge is 0.493 e. The molecule has 3 N–H and O–H groups in total. The number of aliphatic imine (C=N–C) groups is 1. The zero-order chi connectivity index (χ0) is 14.8. The maximum atomic E-state index is 6.09. The van der Waals surface area contributed by atoms with Crippen molar-refractivity contribution < 1.29 is 4.74 Å². The van der Waals surface area contributed by atoms with E-state index in [9.17, 15) is 0 Å². The molecule has 0 saturated heterocycles. The van der Waals surface area contributed by atoms with E-state index in [1.54, 1.807) is 0 Å². The lowest BCUT2D eigenvalue weighted by Crippen LogP contribution is -2.35. The molecule has 1 aliphatic carbocycles. The number of hydrogen-bond acceptors (Lipinski definition) is 2. The van der Waals surface area contributed by atoms with Crippen LogP contribution in [0.2, 0.25) is 0 Å². The van der Waals surface area contributed by atoms with Crippen LogP contribution in [0.4, 0.5) is 0 Å². The SMILES string of the molecule is CC(C)C[C@@H]1C[C@H]1NC(N)=NC1CCOc2ccccc21. The molecule has 2 aliphatic rings. The van der Waals surface area contributed by atoms with E-state index in [1.165, 1.54) is 12.8 Å². The molecule has 0 radical (unpaired) electrons. The van der Waals surface area contributed by atoms with Gasteiger partial charge in [0.25, 0.3) is 0 Å². The molecule has 1 saturated carbocycles.